The lowest BCUT2D eigenvalue weighted by molar-refractivity contribution is -0.124. The zero-order valence-electron chi connectivity index (χ0n) is 13.6. The van der Waals surface area contributed by atoms with Crippen LogP contribution in [0, 0.1) is 11.8 Å². The van der Waals surface area contributed by atoms with E-state index >= 15 is 0 Å². The third-order valence-electron chi connectivity index (χ3n) is 4.05. The predicted octanol–water partition coefficient (Wildman–Crippen LogP) is 1.88. The number of hydrogen-bond acceptors (Lipinski definition) is 4. The van der Waals surface area contributed by atoms with Crippen LogP contribution in [0.2, 0.25) is 0 Å². The first kappa shape index (κ1) is 19.4. The van der Waals surface area contributed by atoms with Crippen molar-refractivity contribution in [3.05, 3.63) is 24.3 Å². The lowest BCUT2D eigenvalue weighted by atomic mass is 9.88. The molecule has 1 saturated heterocycles. The van der Waals surface area contributed by atoms with E-state index in [1.807, 2.05) is 6.92 Å². The second kappa shape index (κ2) is 8.86. The van der Waals surface area contributed by atoms with Gasteiger partial charge in [0.25, 0.3) is 5.91 Å². The average molecular weight is 342 g/mol. The zero-order valence-corrected chi connectivity index (χ0v) is 14.4. The molecular formula is C16H24ClN3O3. The van der Waals surface area contributed by atoms with Crippen LogP contribution in [0.15, 0.2) is 24.3 Å². The van der Waals surface area contributed by atoms with Crippen LogP contribution >= 0.6 is 12.4 Å². The number of methoxy groups -OCH3 is 1. The summed E-state index contributed by atoms with van der Waals surface area (Å²) in [5.74, 6) is 0.138. The SMILES string of the molecule is COC(C)C(=O)Nc1cccc(NC(=O)C(C)C2CNC2)c1.Cl. The van der Waals surface area contributed by atoms with Gasteiger partial charge in [0.1, 0.15) is 6.10 Å². The Morgan fingerprint density at radius 2 is 1.74 bits per heavy atom. The summed E-state index contributed by atoms with van der Waals surface area (Å²) in [4.78, 5) is 24.0. The lowest BCUT2D eigenvalue weighted by Crippen LogP contribution is -2.48. The van der Waals surface area contributed by atoms with Gasteiger partial charge in [-0.15, -0.1) is 12.4 Å². The van der Waals surface area contributed by atoms with Crippen LogP contribution in [0.4, 0.5) is 11.4 Å². The van der Waals surface area contributed by atoms with Crippen molar-refractivity contribution in [3.8, 4) is 0 Å². The molecule has 1 fully saturated rings. The van der Waals surface area contributed by atoms with Gasteiger partial charge >= 0.3 is 0 Å². The van der Waals surface area contributed by atoms with Crippen molar-refractivity contribution in [1.29, 1.82) is 0 Å². The van der Waals surface area contributed by atoms with Gasteiger partial charge in [0.2, 0.25) is 5.91 Å². The smallest absolute Gasteiger partial charge is 0.253 e. The van der Waals surface area contributed by atoms with Crippen molar-refractivity contribution < 1.29 is 14.3 Å². The third kappa shape index (κ3) is 5.20. The number of amides is 2. The molecule has 2 amide bonds. The summed E-state index contributed by atoms with van der Waals surface area (Å²) < 4.78 is 4.97. The topological polar surface area (TPSA) is 79.5 Å². The Balaban J connectivity index is 0.00000264. The van der Waals surface area contributed by atoms with Gasteiger partial charge in [-0.3, -0.25) is 9.59 Å². The minimum atomic E-state index is -0.524. The summed E-state index contributed by atoms with van der Waals surface area (Å²) in [5, 5.41) is 8.82. The molecule has 23 heavy (non-hydrogen) atoms. The van der Waals surface area contributed by atoms with E-state index in [1.165, 1.54) is 7.11 Å². The maximum Gasteiger partial charge on any atom is 0.253 e. The highest BCUT2D eigenvalue weighted by Gasteiger charge is 2.28. The number of halogens is 1. The van der Waals surface area contributed by atoms with E-state index < -0.39 is 6.10 Å². The highest BCUT2D eigenvalue weighted by Crippen LogP contribution is 2.20. The van der Waals surface area contributed by atoms with Gasteiger partial charge in [-0.2, -0.15) is 0 Å². The molecule has 6 nitrogen and oxygen atoms in total. The fourth-order valence-corrected chi connectivity index (χ4v) is 2.16. The molecule has 2 atom stereocenters. The number of anilines is 2. The van der Waals surface area contributed by atoms with E-state index in [1.54, 1.807) is 31.2 Å². The summed E-state index contributed by atoms with van der Waals surface area (Å²) in [6.07, 6.45) is -0.524. The van der Waals surface area contributed by atoms with Crippen molar-refractivity contribution in [2.75, 3.05) is 30.8 Å². The van der Waals surface area contributed by atoms with Gasteiger partial charge in [0.15, 0.2) is 0 Å². The van der Waals surface area contributed by atoms with E-state index in [0.29, 0.717) is 17.3 Å². The number of carbonyl (C=O) groups excluding carboxylic acids is 2. The van der Waals surface area contributed by atoms with Gasteiger partial charge in [-0.25, -0.2) is 0 Å². The largest absolute Gasteiger partial charge is 0.372 e. The van der Waals surface area contributed by atoms with Crippen molar-refractivity contribution in [3.63, 3.8) is 0 Å². The molecule has 0 aromatic heterocycles. The highest BCUT2D eigenvalue weighted by atomic mass is 35.5. The Labute approximate surface area is 142 Å². The molecule has 1 aromatic rings. The molecule has 3 N–H and O–H groups in total. The number of rotatable bonds is 6. The van der Waals surface area contributed by atoms with Crippen LogP contribution in [0.5, 0.6) is 0 Å². The molecule has 2 rings (SSSR count). The second-order valence-corrected chi connectivity index (χ2v) is 5.64. The molecule has 7 heteroatoms. The molecule has 1 aliphatic heterocycles. The molecule has 1 aromatic carbocycles. The summed E-state index contributed by atoms with van der Waals surface area (Å²) in [6, 6.07) is 7.11. The summed E-state index contributed by atoms with van der Waals surface area (Å²) in [6.45, 7) is 5.39. The minimum Gasteiger partial charge on any atom is -0.372 e. The summed E-state index contributed by atoms with van der Waals surface area (Å²) in [7, 11) is 1.48. The fraction of sp³-hybridized carbons (Fsp3) is 0.500. The summed E-state index contributed by atoms with van der Waals surface area (Å²) >= 11 is 0. The first-order valence-corrected chi connectivity index (χ1v) is 7.46. The van der Waals surface area contributed by atoms with E-state index in [-0.39, 0.29) is 30.1 Å². The predicted molar refractivity (Wildman–Crippen MR) is 92.9 cm³/mol. The Morgan fingerprint density at radius 3 is 2.22 bits per heavy atom. The van der Waals surface area contributed by atoms with Crippen molar-refractivity contribution in [1.82, 2.24) is 5.32 Å². The van der Waals surface area contributed by atoms with Gasteiger partial charge in [0, 0.05) is 24.4 Å². The molecule has 0 saturated carbocycles. The Morgan fingerprint density at radius 1 is 1.17 bits per heavy atom. The van der Waals surface area contributed by atoms with Crippen molar-refractivity contribution in [2.24, 2.45) is 11.8 Å². The molecule has 0 radical (unpaired) electrons. The van der Waals surface area contributed by atoms with Crippen LogP contribution in [-0.4, -0.2) is 38.1 Å². The molecule has 0 aliphatic carbocycles. The maximum atomic E-state index is 12.2. The Hall–Kier alpha value is -1.63. The molecule has 2 unspecified atom stereocenters. The maximum absolute atomic E-state index is 12.2. The third-order valence-corrected chi connectivity index (χ3v) is 4.05. The Bertz CT molecular complexity index is 549. The number of ether oxygens (including phenoxy) is 1. The number of carbonyl (C=O) groups is 2. The quantitative estimate of drug-likeness (QED) is 0.738. The molecular weight excluding hydrogens is 318 g/mol. The second-order valence-electron chi connectivity index (χ2n) is 5.64. The van der Waals surface area contributed by atoms with Crippen LogP contribution in [-0.2, 0) is 14.3 Å². The molecule has 0 spiro atoms. The van der Waals surface area contributed by atoms with E-state index in [0.717, 1.165) is 13.1 Å². The Kier molecular flexibility index (Phi) is 7.48. The van der Waals surface area contributed by atoms with Crippen molar-refractivity contribution in [2.45, 2.75) is 20.0 Å². The standard InChI is InChI=1S/C16H23N3O3.ClH/c1-10(12-8-17-9-12)15(20)18-13-5-4-6-14(7-13)19-16(21)11(2)22-3;/h4-7,10-12,17H,8-9H2,1-3H3,(H,18,20)(H,19,21);1H. The minimum absolute atomic E-state index is 0. The van der Waals surface area contributed by atoms with Gasteiger partial charge in [0.05, 0.1) is 0 Å². The van der Waals surface area contributed by atoms with Gasteiger partial charge in [-0.1, -0.05) is 13.0 Å². The van der Waals surface area contributed by atoms with E-state index in [2.05, 4.69) is 16.0 Å². The molecule has 128 valence electrons. The zero-order chi connectivity index (χ0) is 16.1. The van der Waals surface area contributed by atoms with Crippen LogP contribution < -0.4 is 16.0 Å². The van der Waals surface area contributed by atoms with E-state index in [9.17, 15) is 9.59 Å². The van der Waals surface area contributed by atoms with Crippen LogP contribution in [0.3, 0.4) is 0 Å². The fourth-order valence-electron chi connectivity index (χ4n) is 2.16. The molecule has 0 bridgehead atoms. The average Bonchev–Trinajstić information content (AvgIpc) is 2.44. The number of hydrogen-bond donors (Lipinski definition) is 3. The first-order valence-electron chi connectivity index (χ1n) is 7.46. The summed E-state index contributed by atoms with van der Waals surface area (Å²) in [5.41, 5.74) is 1.30. The highest BCUT2D eigenvalue weighted by molar-refractivity contribution is 5.96. The van der Waals surface area contributed by atoms with E-state index in [4.69, 9.17) is 4.74 Å². The van der Waals surface area contributed by atoms with Gasteiger partial charge in [-0.05, 0) is 44.1 Å². The number of benzene rings is 1. The van der Waals surface area contributed by atoms with Crippen LogP contribution in [0.1, 0.15) is 13.8 Å². The normalized spacial score (nSPS) is 16.5. The van der Waals surface area contributed by atoms with Gasteiger partial charge < -0.3 is 20.7 Å². The monoisotopic (exact) mass is 341 g/mol. The molecule has 1 heterocycles. The molecule has 1 aliphatic rings. The van der Waals surface area contributed by atoms with Crippen LogP contribution in [0.25, 0.3) is 0 Å². The lowest BCUT2D eigenvalue weighted by Gasteiger charge is -2.31. The first-order chi connectivity index (χ1) is 10.5. The number of nitrogens with one attached hydrogen (secondary N) is 3. The van der Waals surface area contributed by atoms with Crippen molar-refractivity contribution >= 4 is 35.6 Å².